The molecule has 0 bridgehead atoms. The van der Waals surface area contributed by atoms with E-state index in [4.69, 9.17) is 0 Å². The molecule has 0 N–H and O–H groups in total. The molecular weight excluding hydrogens is 773 g/mol. The van der Waals surface area contributed by atoms with Gasteiger partial charge in [0.15, 0.2) is 0 Å². The zero-order chi connectivity index (χ0) is 45.5. The maximum atomic E-state index is 2.97. The Balaban J connectivity index is 1.29. The van der Waals surface area contributed by atoms with E-state index in [9.17, 15) is 0 Å². The standard InChI is InChI=1S/C60H74BN3/c1-37-31-38(2)51-53-50(37)58(13)28-17-19-30-60(58,15)64(53)49-36-43(63-46-26-24-40(55(6,7)8)33-44(46)57(12)27-16-18-29-59(57,63)14)35-48-52(49)61(51)45-25-23-41(56(9,10)11)34-47(45)62(48)42-22-20-21-39(32-42)54(3,4)5/h20-26,31-36H,16-19,27-30H2,1-15H3. The van der Waals surface area contributed by atoms with Crippen LogP contribution in [-0.4, -0.2) is 17.8 Å². The molecule has 5 aromatic rings. The van der Waals surface area contributed by atoms with Crippen LogP contribution in [0.1, 0.15) is 180 Å². The van der Waals surface area contributed by atoms with Crippen LogP contribution in [0.25, 0.3) is 0 Å². The Bertz CT molecular complexity index is 2810. The van der Waals surface area contributed by atoms with Gasteiger partial charge in [0.25, 0.3) is 6.71 Å². The molecule has 4 heterocycles. The van der Waals surface area contributed by atoms with Gasteiger partial charge in [-0.1, -0.05) is 150 Å². The highest BCUT2D eigenvalue weighted by Gasteiger charge is 2.63. The largest absolute Gasteiger partial charge is 0.335 e. The third-order valence-electron chi connectivity index (χ3n) is 18.6. The first-order valence-corrected chi connectivity index (χ1v) is 25.1. The Labute approximate surface area is 387 Å². The van der Waals surface area contributed by atoms with Crippen LogP contribution in [0.5, 0.6) is 0 Å². The van der Waals surface area contributed by atoms with Crippen LogP contribution in [-0.2, 0) is 27.1 Å². The summed E-state index contributed by atoms with van der Waals surface area (Å²) in [5, 5.41) is 0. The number of aryl methyl sites for hydroxylation is 2. The molecule has 64 heavy (non-hydrogen) atoms. The molecule has 4 aliphatic heterocycles. The van der Waals surface area contributed by atoms with E-state index in [0.717, 1.165) is 0 Å². The zero-order valence-corrected chi connectivity index (χ0v) is 42.1. The summed E-state index contributed by atoms with van der Waals surface area (Å²) in [6.45, 7) is 36.9. The Morgan fingerprint density at radius 1 is 0.484 bits per heavy atom. The van der Waals surface area contributed by atoms with E-state index in [1.165, 1.54) is 130 Å². The van der Waals surface area contributed by atoms with E-state index in [-0.39, 0.29) is 44.9 Å². The first-order chi connectivity index (χ1) is 29.9. The Morgan fingerprint density at radius 3 is 1.73 bits per heavy atom. The molecule has 332 valence electrons. The van der Waals surface area contributed by atoms with Crippen molar-refractivity contribution in [2.75, 3.05) is 14.7 Å². The molecule has 6 aliphatic rings. The highest BCUT2D eigenvalue weighted by molar-refractivity contribution is 7.00. The zero-order valence-electron chi connectivity index (χ0n) is 42.1. The predicted molar refractivity (Wildman–Crippen MR) is 277 cm³/mol. The Kier molecular flexibility index (Phi) is 8.66. The topological polar surface area (TPSA) is 9.72 Å². The van der Waals surface area contributed by atoms with E-state index >= 15 is 0 Å². The minimum atomic E-state index is -0.0768. The van der Waals surface area contributed by atoms with E-state index in [0.29, 0.717) is 0 Å². The average Bonchev–Trinajstić information content (AvgIpc) is 3.57. The van der Waals surface area contributed by atoms with Gasteiger partial charge in [-0.25, -0.2) is 0 Å². The number of nitrogens with zero attached hydrogens (tertiary/aromatic N) is 3. The molecule has 0 amide bonds. The summed E-state index contributed by atoms with van der Waals surface area (Å²) >= 11 is 0. The molecule has 2 fully saturated rings. The fraction of sp³-hybridized carbons (Fsp3) is 0.500. The van der Waals surface area contributed by atoms with Crippen molar-refractivity contribution in [1.29, 1.82) is 0 Å². The molecule has 4 atom stereocenters. The normalized spacial score (nSPS) is 26.6. The van der Waals surface area contributed by atoms with Crippen molar-refractivity contribution in [3.63, 3.8) is 0 Å². The van der Waals surface area contributed by atoms with Gasteiger partial charge in [-0.15, -0.1) is 0 Å². The van der Waals surface area contributed by atoms with Crippen LogP contribution in [0.15, 0.2) is 78.9 Å². The van der Waals surface area contributed by atoms with Crippen molar-refractivity contribution in [3.8, 4) is 0 Å². The summed E-state index contributed by atoms with van der Waals surface area (Å²) in [6.07, 6.45) is 9.92. The highest BCUT2D eigenvalue weighted by Crippen LogP contribution is 2.65. The third-order valence-corrected chi connectivity index (χ3v) is 18.6. The van der Waals surface area contributed by atoms with Crippen molar-refractivity contribution in [2.24, 2.45) is 0 Å². The van der Waals surface area contributed by atoms with Gasteiger partial charge in [-0.3, -0.25) is 0 Å². The smallest absolute Gasteiger partial charge is 0.252 e. The number of fused-ring (bicyclic) bond motifs is 10. The maximum absolute atomic E-state index is 2.97. The molecule has 4 heteroatoms. The SMILES string of the molecule is Cc1cc(C)c2c3c1B1c4ccc(C(C)(C)C)cc4N(c4cccc(C(C)(C)C)c4)c4cc(N5c6ccc(C(C)(C)C)cc6C6(C)CCCCC56C)cc(c41)N3C1(C)CCCCC21C. The molecule has 3 nitrogen and oxygen atoms in total. The van der Waals surface area contributed by atoms with Crippen molar-refractivity contribution in [1.82, 2.24) is 0 Å². The summed E-state index contributed by atoms with van der Waals surface area (Å²) < 4.78 is 0. The second-order valence-corrected chi connectivity index (χ2v) is 25.4. The van der Waals surface area contributed by atoms with E-state index < -0.39 is 0 Å². The lowest BCUT2D eigenvalue weighted by molar-refractivity contribution is 0.193. The minimum Gasteiger partial charge on any atom is -0.335 e. The number of hydrogen-bond acceptors (Lipinski definition) is 3. The second-order valence-electron chi connectivity index (χ2n) is 25.4. The molecule has 0 saturated heterocycles. The second kappa shape index (κ2) is 13.1. The highest BCUT2D eigenvalue weighted by atomic mass is 15.3. The summed E-state index contributed by atoms with van der Waals surface area (Å²) in [6, 6.07) is 32.6. The summed E-state index contributed by atoms with van der Waals surface area (Å²) in [5.74, 6) is 0. The third kappa shape index (κ3) is 5.35. The Morgan fingerprint density at radius 2 is 1.06 bits per heavy atom. The van der Waals surface area contributed by atoms with Gasteiger partial charge in [0.05, 0.1) is 11.1 Å². The van der Waals surface area contributed by atoms with Gasteiger partial charge < -0.3 is 14.7 Å². The molecule has 2 saturated carbocycles. The van der Waals surface area contributed by atoms with Crippen LogP contribution in [0.4, 0.5) is 39.8 Å². The van der Waals surface area contributed by atoms with Gasteiger partial charge in [0.2, 0.25) is 0 Å². The molecule has 0 aromatic heterocycles. The molecule has 5 aromatic carbocycles. The quantitative estimate of drug-likeness (QED) is 0.161. The monoisotopic (exact) mass is 848 g/mol. The lowest BCUT2D eigenvalue weighted by Gasteiger charge is -2.54. The fourth-order valence-corrected chi connectivity index (χ4v) is 14.6. The number of benzene rings is 5. The van der Waals surface area contributed by atoms with E-state index in [1.54, 1.807) is 16.6 Å². The average molecular weight is 848 g/mol. The van der Waals surface area contributed by atoms with Gasteiger partial charge in [-0.2, -0.15) is 0 Å². The van der Waals surface area contributed by atoms with Gasteiger partial charge >= 0.3 is 0 Å². The van der Waals surface area contributed by atoms with Crippen LogP contribution in [0, 0.1) is 13.8 Å². The summed E-state index contributed by atoms with van der Waals surface area (Å²) in [7, 11) is 0. The molecular formula is C60H74BN3. The molecule has 0 spiro atoms. The lowest BCUT2D eigenvalue weighted by atomic mass is 9.32. The molecule has 11 rings (SSSR count). The van der Waals surface area contributed by atoms with Gasteiger partial charge in [0, 0.05) is 50.6 Å². The molecule has 0 radical (unpaired) electrons. The van der Waals surface area contributed by atoms with Crippen LogP contribution in [0.3, 0.4) is 0 Å². The van der Waals surface area contributed by atoms with Gasteiger partial charge in [0.1, 0.15) is 0 Å². The van der Waals surface area contributed by atoms with Crippen LogP contribution in [0.2, 0.25) is 0 Å². The Hall–Kier alpha value is -4.44. The van der Waals surface area contributed by atoms with Gasteiger partial charge in [-0.05, 0) is 156 Å². The fourth-order valence-electron chi connectivity index (χ4n) is 14.6. The van der Waals surface area contributed by atoms with E-state index in [1.807, 2.05) is 0 Å². The van der Waals surface area contributed by atoms with Crippen molar-refractivity contribution in [3.05, 3.63) is 118 Å². The number of rotatable bonds is 2. The van der Waals surface area contributed by atoms with Crippen LogP contribution >= 0.6 is 0 Å². The van der Waals surface area contributed by atoms with Crippen LogP contribution < -0.4 is 31.1 Å². The summed E-state index contributed by atoms with van der Waals surface area (Å²) in [4.78, 5) is 8.56. The summed E-state index contributed by atoms with van der Waals surface area (Å²) in [5.41, 5.74) is 24.4. The van der Waals surface area contributed by atoms with E-state index in [2.05, 4.69) is 197 Å². The maximum Gasteiger partial charge on any atom is 0.252 e. The van der Waals surface area contributed by atoms with Crippen molar-refractivity contribution >= 4 is 62.9 Å². The molecule has 2 aliphatic carbocycles. The first-order valence-electron chi connectivity index (χ1n) is 25.1. The molecule has 4 unspecified atom stereocenters. The predicted octanol–water partition coefficient (Wildman–Crippen LogP) is 14.3. The van der Waals surface area contributed by atoms with Crippen molar-refractivity contribution in [2.45, 2.75) is 193 Å². The first kappa shape index (κ1) is 42.2. The lowest BCUT2D eigenvalue weighted by Crippen LogP contribution is -2.65. The number of anilines is 7. The van der Waals surface area contributed by atoms with Crippen molar-refractivity contribution < 1.29 is 0 Å². The number of hydrogen-bond donors (Lipinski definition) is 0. The minimum absolute atomic E-state index is 0.00426.